The van der Waals surface area contributed by atoms with E-state index in [1.54, 1.807) is 18.2 Å². The molecule has 6 heteroatoms. The second-order valence-electron chi connectivity index (χ2n) is 7.11. The maximum atomic E-state index is 13.9. The summed E-state index contributed by atoms with van der Waals surface area (Å²) in [5.41, 5.74) is 4.90. The van der Waals surface area contributed by atoms with E-state index in [0.717, 1.165) is 47.0 Å². The van der Waals surface area contributed by atoms with Crippen LogP contribution in [0.4, 0.5) is 4.39 Å². The molecule has 2 aromatic carbocycles. The summed E-state index contributed by atoms with van der Waals surface area (Å²) < 4.78 is 39.5. The molecule has 3 nitrogen and oxygen atoms in total. The van der Waals surface area contributed by atoms with Crippen LogP contribution in [-0.2, 0) is 16.3 Å². The van der Waals surface area contributed by atoms with Crippen LogP contribution in [0.2, 0.25) is 0 Å². The highest BCUT2D eigenvalue weighted by molar-refractivity contribution is 7.99. The van der Waals surface area contributed by atoms with E-state index in [4.69, 9.17) is 0 Å². The van der Waals surface area contributed by atoms with Gasteiger partial charge in [0.15, 0.2) is 9.84 Å². The van der Waals surface area contributed by atoms with Crippen molar-refractivity contribution >= 4 is 21.6 Å². The molecule has 0 bridgehead atoms. The average molecular weight is 432 g/mol. The molecule has 29 heavy (non-hydrogen) atoms. The molecule has 0 saturated heterocycles. The topological polar surface area (TPSA) is 39.1 Å². The van der Waals surface area contributed by atoms with Crippen molar-refractivity contribution in [1.29, 1.82) is 0 Å². The molecule has 0 atom stereocenters. The van der Waals surface area contributed by atoms with Crippen LogP contribution >= 0.6 is 11.8 Å². The van der Waals surface area contributed by atoms with Crippen LogP contribution in [0, 0.1) is 12.7 Å². The number of benzene rings is 2. The maximum Gasteiger partial charge on any atom is 0.175 e. The lowest BCUT2D eigenvalue weighted by molar-refractivity contribution is 0.602. The van der Waals surface area contributed by atoms with Gasteiger partial charge in [0.1, 0.15) is 5.82 Å². The van der Waals surface area contributed by atoms with Gasteiger partial charge in [-0.3, -0.25) is 0 Å². The van der Waals surface area contributed by atoms with E-state index in [0.29, 0.717) is 0 Å². The summed E-state index contributed by atoms with van der Waals surface area (Å²) in [6.45, 7) is 4.23. The van der Waals surface area contributed by atoms with Crippen LogP contribution in [-0.4, -0.2) is 30.7 Å². The Morgan fingerprint density at radius 2 is 1.76 bits per heavy atom. The summed E-state index contributed by atoms with van der Waals surface area (Å²) in [5.74, 6) is 1.90. The molecule has 0 aliphatic heterocycles. The Morgan fingerprint density at radius 3 is 2.38 bits per heavy atom. The van der Waals surface area contributed by atoms with E-state index in [1.807, 2.05) is 30.0 Å². The van der Waals surface area contributed by atoms with Crippen LogP contribution in [0.15, 0.2) is 59.5 Å². The van der Waals surface area contributed by atoms with Crippen LogP contribution < -0.4 is 0 Å². The quantitative estimate of drug-likeness (QED) is 0.431. The molecular formula is C23H26FNO2S2. The van der Waals surface area contributed by atoms with Gasteiger partial charge in [0, 0.05) is 17.6 Å². The third kappa shape index (κ3) is 5.11. The second-order valence-corrected chi connectivity index (χ2v) is 10.4. The standard InChI is InChI=1S/C23H26FNO2S2/c1-4-13-28-14-12-19-15-23(18-8-10-22(11-9-18)29(3,26)27)25(17(19)2)21-7-5-6-20(24)16-21/h5-11,15-16H,4,12-14H2,1-3H3. The third-order valence-electron chi connectivity index (χ3n) is 4.86. The first kappa shape index (κ1) is 21.7. The highest BCUT2D eigenvalue weighted by Gasteiger charge is 2.16. The highest BCUT2D eigenvalue weighted by atomic mass is 32.2. The Morgan fingerprint density at radius 1 is 1.03 bits per heavy atom. The summed E-state index contributed by atoms with van der Waals surface area (Å²) >= 11 is 1.93. The van der Waals surface area contributed by atoms with Crippen LogP contribution in [0.1, 0.15) is 24.6 Å². The normalized spacial score (nSPS) is 11.7. The molecular weight excluding hydrogens is 405 g/mol. The van der Waals surface area contributed by atoms with Crippen molar-refractivity contribution in [2.24, 2.45) is 0 Å². The lowest BCUT2D eigenvalue weighted by Gasteiger charge is -2.13. The Hall–Kier alpha value is -2.05. The first-order valence-corrected chi connectivity index (χ1v) is 12.7. The number of rotatable bonds is 8. The molecule has 0 amide bonds. The number of nitrogens with zero attached hydrogens (tertiary/aromatic N) is 1. The fraction of sp³-hybridized carbons (Fsp3) is 0.304. The fourth-order valence-electron chi connectivity index (χ4n) is 3.37. The van der Waals surface area contributed by atoms with E-state index in [9.17, 15) is 12.8 Å². The first-order valence-electron chi connectivity index (χ1n) is 9.66. The molecule has 3 rings (SSSR count). The first-order chi connectivity index (χ1) is 13.8. The number of hydrogen-bond acceptors (Lipinski definition) is 3. The number of halogens is 1. The maximum absolute atomic E-state index is 13.9. The van der Waals surface area contributed by atoms with Crippen molar-refractivity contribution in [2.45, 2.75) is 31.6 Å². The summed E-state index contributed by atoms with van der Waals surface area (Å²) in [6, 6.07) is 15.6. The monoisotopic (exact) mass is 431 g/mol. The van der Waals surface area contributed by atoms with Crippen molar-refractivity contribution in [3.8, 4) is 16.9 Å². The molecule has 1 heterocycles. The fourth-order valence-corrected chi connectivity index (χ4v) is 4.86. The van der Waals surface area contributed by atoms with Gasteiger partial charge < -0.3 is 4.57 Å². The molecule has 0 N–H and O–H groups in total. The van der Waals surface area contributed by atoms with Crippen LogP contribution in [0.3, 0.4) is 0 Å². The number of hydrogen-bond donors (Lipinski definition) is 0. The summed E-state index contributed by atoms with van der Waals surface area (Å²) in [6.07, 6.45) is 3.30. The van der Waals surface area contributed by atoms with E-state index in [1.165, 1.54) is 24.0 Å². The van der Waals surface area contributed by atoms with Gasteiger partial charge >= 0.3 is 0 Å². The van der Waals surface area contributed by atoms with Crippen molar-refractivity contribution in [3.05, 3.63) is 71.7 Å². The van der Waals surface area contributed by atoms with Gasteiger partial charge in [-0.2, -0.15) is 11.8 Å². The molecule has 0 radical (unpaired) electrons. The van der Waals surface area contributed by atoms with Crippen molar-refractivity contribution < 1.29 is 12.8 Å². The van der Waals surface area contributed by atoms with Crippen molar-refractivity contribution in [3.63, 3.8) is 0 Å². The van der Waals surface area contributed by atoms with E-state index in [2.05, 4.69) is 24.5 Å². The van der Waals surface area contributed by atoms with Gasteiger partial charge in [0.05, 0.1) is 10.6 Å². The number of sulfone groups is 1. The van der Waals surface area contributed by atoms with Gasteiger partial charge in [-0.15, -0.1) is 0 Å². The second kappa shape index (κ2) is 9.18. The zero-order chi connectivity index (χ0) is 21.0. The molecule has 0 saturated carbocycles. The Labute approximate surface area is 176 Å². The highest BCUT2D eigenvalue weighted by Crippen LogP contribution is 2.31. The molecule has 154 valence electrons. The minimum Gasteiger partial charge on any atom is -0.314 e. The largest absolute Gasteiger partial charge is 0.314 e. The van der Waals surface area contributed by atoms with Crippen molar-refractivity contribution in [1.82, 2.24) is 4.57 Å². The summed E-state index contributed by atoms with van der Waals surface area (Å²) in [7, 11) is -3.25. The van der Waals surface area contributed by atoms with E-state index in [-0.39, 0.29) is 10.7 Å². The smallest absolute Gasteiger partial charge is 0.175 e. The number of aromatic nitrogens is 1. The van der Waals surface area contributed by atoms with E-state index < -0.39 is 9.84 Å². The SMILES string of the molecule is CCCSCCc1cc(-c2ccc(S(C)(=O)=O)cc2)n(-c2cccc(F)c2)c1C. The third-order valence-corrected chi connectivity index (χ3v) is 7.18. The van der Waals surface area contributed by atoms with Gasteiger partial charge in [0.25, 0.3) is 0 Å². The van der Waals surface area contributed by atoms with Gasteiger partial charge in [-0.05, 0) is 78.8 Å². The average Bonchev–Trinajstić information content (AvgIpc) is 3.01. The minimum absolute atomic E-state index is 0.283. The van der Waals surface area contributed by atoms with Gasteiger partial charge in [-0.1, -0.05) is 25.1 Å². The molecule has 0 aliphatic carbocycles. The number of thioether (sulfide) groups is 1. The Kier molecular flexibility index (Phi) is 6.85. The Balaban J connectivity index is 2.06. The number of aryl methyl sites for hydroxylation is 1. The Bertz CT molecular complexity index is 1090. The van der Waals surface area contributed by atoms with E-state index >= 15 is 0 Å². The summed E-state index contributed by atoms with van der Waals surface area (Å²) in [5, 5.41) is 0. The van der Waals surface area contributed by atoms with Crippen molar-refractivity contribution in [2.75, 3.05) is 17.8 Å². The molecule has 0 aliphatic rings. The van der Waals surface area contributed by atoms with Gasteiger partial charge in [0.2, 0.25) is 0 Å². The molecule has 0 fully saturated rings. The molecule has 0 unspecified atom stereocenters. The molecule has 0 spiro atoms. The molecule has 1 aromatic heterocycles. The zero-order valence-electron chi connectivity index (χ0n) is 17.0. The molecule has 3 aromatic rings. The predicted octanol–water partition coefficient (Wildman–Crippen LogP) is 5.68. The summed E-state index contributed by atoms with van der Waals surface area (Å²) in [4.78, 5) is 0.290. The minimum atomic E-state index is -3.25. The lowest BCUT2D eigenvalue weighted by Crippen LogP contribution is -2.01. The van der Waals surface area contributed by atoms with Crippen LogP contribution in [0.5, 0.6) is 0 Å². The predicted molar refractivity (Wildman–Crippen MR) is 120 cm³/mol. The lowest BCUT2D eigenvalue weighted by atomic mass is 10.1. The van der Waals surface area contributed by atoms with Gasteiger partial charge in [-0.25, -0.2) is 12.8 Å². The van der Waals surface area contributed by atoms with Crippen LogP contribution in [0.25, 0.3) is 16.9 Å². The zero-order valence-corrected chi connectivity index (χ0v) is 18.6.